The van der Waals surface area contributed by atoms with E-state index in [1.165, 1.54) is 21.3 Å². The molecule has 0 bridgehead atoms. The highest BCUT2D eigenvalue weighted by atomic mass is 32.2. The average Bonchev–Trinajstić information content (AvgIpc) is 3.55. The van der Waals surface area contributed by atoms with E-state index in [9.17, 15) is 18.0 Å². The maximum Gasteiger partial charge on any atom is 0.252 e. The summed E-state index contributed by atoms with van der Waals surface area (Å²) >= 11 is 0. The smallest absolute Gasteiger partial charge is 0.252 e. The zero-order chi connectivity index (χ0) is 33.0. The molecule has 2 atom stereocenters. The number of rotatable bonds is 10. The third-order valence-electron chi connectivity index (χ3n) is 9.30. The van der Waals surface area contributed by atoms with Crippen LogP contribution in [-0.2, 0) is 19.6 Å². The van der Waals surface area contributed by atoms with Gasteiger partial charge in [0.05, 0.1) is 17.5 Å². The first-order chi connectivity index (χ1) is 22.8. The molecule has 1 saturated heterocycles. The summed E-state index contributed by atoms with van der Waals surface area (Å²) in [5, 5.41) is 11.8. The number of aromatic nitrogens is 3. The SMILES string of the molecule is COc1ccc([C@H](C(=O)NC2CCCCC2)N(C(=O)[C@@H](C)n2nnc3ccccc32)c2ccc(S(=O)(=O)N3CCCCC3)cc2)cc1. The molecule has 0 radical (unpaired) electrons. The fourth-order valence-corrected chi connectivity index (χ4v) is 8.16. The van der Waals surface area contributed by atoms with Crippen molar-refractivity contribution >= 4 is 38.6 Å². The topological polar surface area (TPSA) is 127 Å². The van der Waals surface area contributed by atoms with Gasteiger partial charge in [-0.2, -0.15) is 4.31 Å². The third kappa shape index (κ3) is 6.89. The van der Waals surface area contributed by atoms with Gasteiger partial charge in [0.2, 0.25) is 15.9 Å². The summed E-state index contributed by atoms with van der Waals surface area (Å²) in [6.45, 7) is 2.70. The molecular formula is C35H42N6O5S. The minimum atomic E-state index is -3.70. The first-order valence-corrected chi connectivity index (χ1v) is 17.9. The van der Waals surface area contributed by atoms with Gasteiger partial charge in [0, 0.05) is 24.8 Å². The molecule has 0 spiro atoms. The zero-order valence-corrected chi connectivity index (χ0v) is 27.7. The van der Waals surface area contributed by atoms with E-state index in [0.29, 0.717) is 41.1 Å². The van der Waals surface area contributed by atoms with Crippen LogP contribution >= 0.6 is 0 Å². The number of hydrogen-bond acceptors (Lipinski definition) is 7. The van der Waals surface area contributed by atoms with Gasteiger partial charge in [0.1, 0.15) is 23.3 Å². The van der Waals surface area contributed by atoms with E-state index in [4.69, 9.17) is 4.74 Å². The molecular weight excluding hydrogens is 616 g/mol. The Balaban J connectivity index is 1.43. The first kappa shape index (κ1) is 32.6. The van der Waals surface area contributed by atoms with Gasteiger partial charge in [0.25, 0.3) is 5.91 Å². The Kier molecular flexibility index (Phi) is 9.88. The van der Waals surface area contributed by atoms with Gasteiger partial charge < -0.3 is 10.1 Å². The van der Waals surface area contributed by atoms with Crippen LogP contribution in [-0.4, -0.2) is 65.8 Å². The van der Waals surface area contributed by atoms with Gasteiger partial charge in [-0.3, -0.25) is 14.5 Å². The summed E-state index contributed by atoms with van der Waals surface area (Å²) in [6.07, 6.45) is 7.61. The van der Waals surface area contributed by atoms with Gasteiger partial charge in [0.15, 0.2) is 0 Å². The maximum absolute atomic E-state index is 14.8. The molecule has 2 aliphatic rings. The number of carbonyl (C=O) groups excluding carboxylic acids is 2. The van der Waals surface area contributed by atoms with Crippen LogP contribution in [0.5, 0.6) is 5.75 Å². The van der Waals surface area contributed by atoms with E-state index in [2.05, 4.69) is 15.6 Å². The molecule has 2 fully saturated rings. The first-order valence-electron chi connectivity index (χ1n) is 16.5. The summed E-state index contributed by atoms with van der Waals surface area (Å²) in [6, 6.07) is 18.9. The number of hydrogen-bond donors (Lipinski definition) is 1. The highest BCUT2D eigenvalue weighted by molar-refractivity contribution is 7.89. The number of sulfonamides is 1. The lowest BCUT2D eigenvalue weighted by atomic mass is 9.94. The fraction of sp³-hybridized carbons (Fsp3) is 0.429. The monoisotopic (exact) mass is 658 g/mol. The molecule has 3 aromatic carbocycles. The predicted octanol–water partition coefficient (Wildman–Crippen LogP) is 5.40. The minimum absolute atomic E-state index is 0.00250. The molecule has 248 valence electrons. The molecule has 1 aliphatic heterocycles. The van der Waals surface area contributed by atoms with Crippen LogP contribution in [0.25, 0.3) is 11.0 Å². The molecule has 0 unspecified atom stereocenters. The van der Waals surface area contributed by atoms with Crippen molar-refractivity contribution < 1.29 is 22.7 Å². The van der Waals surface area contributed by atoms with Gasteiger partial charge in [-0.15, -0.1) is 5.10 Å². The number of carbonyl (C=O) groups is 2. The van der Waals surface area contributed by atoms with Crippen molar-refractivity contribution in [1.82, 2.24) is 24.6 Å². The fourth-order valence-electron chi connectivity index (χ4n) is 6.65. The number of fused-ring (bicyclic) bond motifs is 1. The molecule has 2 heterocycles. The number of methoxy groups -OCH3 is 1. The van der Waals surface area contributed by atoms with Crippen LogP contribution in [0.2, 0.25) is 0 Å². The predicted molar refractivity (Wildman–Crippen MR) is 180 cm³/mol. The molecule has 47 heavy (non-hydrogen) atoms. The van der Waals surface area contributed by atoms with Crippen molar-refractivity contribution in [2.75, 3.05) is 25.1 Å². The lowest BCUT2D eigenvalue weighted by Gasteiger charge is -2.35. The molecule has 11 nitrogen and oxygen atoms in total. The molecule has 12 heteroatoms. The van der Waals surface area contributed by atoms with E-state index in [-0.39, 0.29) is 16.8 Å². The lowest BCUT2D eigenvalue weighted by Crippen LogP contribution is -2.49. The van der Waals surface area contributed by atoms with Crippen LogP contribution in [0.1, 0.15) is 75.9 Å². The average molecular weight is 659 g/mol. The number of para-hydroxylation sites is 1. The second-order valence-corrected chi connectivity index (χ2v) is 14.3. The second-order valence-electron chi connectivity index (χ2n) is 12.4. The van der Waals surface area contributed by atoms with Gasteiger partial charge in [-0.05, 0) is 86.7 Å². The molecule has 1 saturated carbocycles. The van der Waals surface area contributed by atoms with Crippen molar-refractivity contribution in [2.45, 2.75) is 81.3 Å². The van der Waals surface area contributed by atoms with Crippen LogP contribution in [0, 0.1) is 0 Å². The van der Waals surface area contributed by atoms with E-state index in [1.54, 1.807) is 55.1 Å². The van der Waals surface area contributed by atoms with Crippen LogP contribution in [0.4, 0.5) is 5.69 Å². The molecule has 1 aromatic heterocycles. The summed E-state index contributed by atoms with van der Waals surface area (Å²) < 4.78 is 35.4. The molecule has 2 amide bonds. The summed E-state index contributed by atoms with van der Waals surface area (Å²) in [7, 11) is -2.13. The van der Waals surface area contributed by atoms with Gasteiger partial charge in [-0.25, -0.2) is 13.1 Å². The number of ether oxygens (including phenoxy) is 1. The number of nitrogens with zero attached hydrogens (tertiary/aromatic N) is 5. The van der Waals surface area contributed by atoms with E-state index in [1.807, 2.05) is 24.3 Å². The number of nitrogens with one attached hydrogen (secondary N) is 1. The number of piperidine rings is 1. The lowest BCUT2D eigenvalue weighted by molar-refractivity contribution is -0.128. The Morgan fingerprint density at radius 1 is 0.894 bits per heavy atom. The second kappa shape index (κ2) is 14.2. The van der Waals surface area contributed by atoms with E-state index >= 15 is 0 Å². The highest BCUT2D eigenvalue weighted by Crippen LogP contribution is 2.34. The maximum atomic E-state index is 14.8. The van der Waals surface area contributed by atoms with Crippen molar-refractivity contribution in [1.29, 1.82) is 0 Å². The molecule has 1 N–H and O–H groups in total. The van der Waals surface area contributed by atoms with Crippen LogP contribution in [0.3, 0.4) is 0 Å². The Morgan fingerprint density at radius 3 is 2.23 bits per heavy atom. The Bertz CT molecular complexity index is 1800. The summed E-state index contributed by atoms with van der Waals surface area (Å²) in [5.41, 5.74) is 2.31. The Morgan fingerprint density at radius 2 is 1.55 bits per heavy atom. The Hall–Kier alpha value is -4.29. The standard InChI is InChI=1S/C35H42N6O5S/c1-25(41-32-14-8-7-13-31(32)37-38-41)35(43)40(28-17-21-30(22-18-28)47(44,45)39-23-9-4-10-24-39)33(26-15-19-29(46-2)20-16-26)34(42)36-27-11-5-3-6-12-27/h7-8,13-22,25,27,33H,3-6,9-12,23-24H2,1-2H3,(H,36,42)/t25-,33-/m1/s1. The largest absolute Gasteiger partial charge is 0.497 e. The molecule has 6 rings (SSSR count). The van der Waals surface area contributed by atoms with Crippen LogP contribution < -0.4 is 15.0 Å². The van der Waals surface area contributed by atoms with Crippen molar-refractivity contribution in [3.05, 3.63) is 78.4 Å². The normalized spacial score (nSPS) is 17.6. The summed E-state index contributed by atoms with van der Waals surface area (Å²) in [5.74, 6) is -0.0872. The van der Waals surface area contributed by atoms with E-state index in [0.717, 1.165) is 51.4 Å². The van der Waals surface area contributed by atoms with Gasteiger partial charge >= 0.3 is 0 Å². The molecule has 1 aliphatic carbocycles. The third-order valence-corrected chi connectivity index (χ3v) is 11.2. The quantitative estimate of drug-likeness (QED) is 0.242. The number of amides is 2. The number of benzene rings is 3. The summed E-state index contributed by atoms with van der Waals surface area (Å²) in [4.78, 5) is 30.7. The molecule has 4 aromatic rings. The Labute approximate surface area is 275 Å². The zero-order valence-electron chi connectivity index (χ0n) is 26.9. The number of anilines is 1. The van der Waals surface area contributed by atoms with Gasteiger partial charge in [-0.1, -0.05) is 55.2 Å². The van der Waals surface area contributed by atoms with Crippen LogP contribution in [0.15, 0.2) is 77.7 Å². The van der Waals surface area contributed by atoms with Crippen molar-refractivity contribution in [3.8, 4) is 5.75 Å². The van der Waals surface area contributed by atoms with Crippen molar-refractivity contribution in [2.24, 2.45) is 0 Å². The van der Waals surface area contributed by atoms with E-state index < -0.39 is 28.0 Å². The van der Waals surface area contributed by atoms with Crippen molar-refractivity contribution in [3.63, 3.8) is 0 Å². The highest BCUT2D eigenvalue weighted by Gasteiger charge is 2.37. The minimum Gasteiger partial charge on any atom is -0.497 e.